The molecule has 1 aromatic carbocycles. The molecule has 1 aliphatic heterocycles. The second-order valence-corrected chi connectivity index (χ2v) is 9.30. The Hall–Kier alpha value is -1.78. The first-order chi connectivity index (χ1) is 14.5. The van der Waals surface area contributed by atoms with Gasteiger partial charge < -0.3 is 4.74 Å². The normalized spacial score (nSPS) is 23.1. The summed E-state index contributed by atoms with van der Waals surface area (Å²) in [4.78, 5) is 7.38. The number of likely N-dealkylation sites (tertiary alicyclic amines) is 1. The average molecular weight is 411 g/mol. The van der Waals surface area contributed by atoms with E-state index >= 15 is 0 Å². The highest BCUT2D eigenvalue weighted by molar-refractivity contribution is 5.37. The third-order valence-electron chi connectivity index (χ3n) is 7.25. The Labute approximate surface area is 180 Å². The highest BCUT2D eigenvalue weighted by atomic mass is 19.1. The number of hydrogen-bond donors (Lipinski definition) is 0. The molecule has 2 aromatic rings. The number of ether oxygens (including phenoxy) is 1. The Morgan fingerprint density at radius 3 is 2.57 bits per heavy atom. The van der Waals surface area contributed by atoms with Gasteiger partial charge in [0.05, 0.1) is 6.61 Å². The summed E-state index contributed by atoms with van der Waals surface area (Å²) >= 11 is 0. The lowest BCUT2D eigenvalue weighted by atomic mass is 9.82. The highest BCUT2D eigenvalue weighted by Gasteiger charge is 2.54. The summed E-state index contributed by atoms with van der Waals surface area (Å²) in [5, 5.41) is 0. The molecule has 0 bridgehead atoms. The maximum absolute atomic E-state index is 13.3. The maximum atomic E-state index is 13.3. The van der Waals surface area contributed by atoms with Gasteiger partial charge in [-0.2, -0.15) is 0 Å². The van der Waals surface area contributed by atoms with Crippen molar-refractivity contribution in [1.82, 2.24) is 9.88 Å². The van der Waals surface area contributed by atoms with Crippen LogP contribution in [-0.2, 0) is 23.1 Å². The number of hydrogen-bond acceptors (Lipinski definition) is 3. The molecule has 1 saturated heterocycles. The van der Waals surface area contributed by atoms with E-state index in [4.69, 9.17) is 4.74 Å². The number of benzene rings is 1. The van der Waals surface area contributed by atoms with Gasteiger partial charge in [0.15, 0.2) is 0 Å². The molecule has 1 aliphatic carbocycles. The average Bonchev–Trinajstić information content (AvgIpc) is 3.45. The fourth-order valence-electron chi connectivity index (χ4n) is 5.28. The largest absolute Gasteiger partial charge is 0.381 e. The van der Waals surface area contributed by atoms with Gasteiger partial charge in [-0.15, -0.1) is 0 Å². The van der Waals surface area contributed by atoms with Crippen molar-refractivity contribution in [3.63, 3.8) is 0 Å². The summed E-state index contributed by atoms with van der Waals surface area (Å²) in [6, 6.07) is 9.25. The van der Waals surface area contributed by atoms with E-state index in [9.17, 15) is 4.39 Å². The number of aromatic nitrogens is 1. The molecule has 162 valence electrons. The zero-order valence-electron chi connectivity index (χ0n) is 18.7. The first kappa shape index (κ1) is 21.5. The summed E-state index contributed by atoms with van der Waals surface area (Å²) in [6.45, 7) is 10.2. The van der Waals surface area contributed by atoms with Crippen molar-refractivity contribution >= 4 is 0 Å². The Kier molecular flexibility index (Phi) is 6.26. The molecule has 2 fully saturated rings. The van der Waals surface area contributed by atoms with Gasteiger partial charge in [0.25, 0.3) is 0 Å². The third-order valence-corrected chi connectivity index (χ3v) is 7.25. The molecule has 1 saturated carbocycles. The smallest absolute Gasteiger partial charge is 0.123 e. The van der Waals surface area contributed by atoms with Crippen molar-refractivity contribution in [1.29, 1.82) is 0 Å². The molecule has 1 aromatic heterocycles. The quantitative estimate of drug-likeness (QED) is 0.550. The minimum atomic E-state index is -0.163. The van der Waals surface area contributed by atoms with Crippen LogP contribution in [0.2, 0.25) is 0 Å². The van der Waals surface area contributed by atoms with E-state index < -0.39 is 0 Å². The van der Waals surface area contributed by atoms with E-state index in [2.05, 4.69) is 42.9 Å². The summed E-state index contributed by atoms with van der Waals surface area (Å²) in [5.74, 6) is -0.163. The highest BCUT2D eigenvalue weighted by Crippen LogP contribution is 2.55. The van der Waals surface area contributed by atoms with Gasteiger partial charge >= 0.3 is 0 Å². The van der Waals surface area contributed by atoms with Crippen LogP contribution >= 0.6 is 0 Å². The number of nitrogens with zero attached hydrogens (tertiary/aromatic N) is 2. The van der Waals surface area contributed by atoms with Gasteiger partial charge in [-0.05, 0) is 93.8 Å². The molecule has 2 aliphatic rings. The predicted octanol–water partition coefficient (Wildman–Crippen LogP) is 5.44. The fourth-order valence-corrected chi connectivity index (χ4v) is 5.28. The molecule has 0 spiro atoms. The molecule has 4 heteroatoms. The monoisotopic (exact) mass is 410 g/mol. The van der Waals surface area contributed by atoms with E-state index in [0.29, 0.717) is 0 Å². The van der Waals surface area contributed by atoms with Crippen LogP contribution in [0.4, 0.5) is 4.39 Å². The summed E-state index contributed by atoms with van der Waals surface area (Å²) in [7, 11) is 0. The van der Waals surface area contributed by atoms with E-state index in [1.807, 2.05) is 12.1 Å². The van der Waals surface area contributed by atoms with Crippen molar-refractivity contribution in [2.24, 2.45) is 5.41 Å². The lowest BCUT2D eigenvalue weighted by Gasteiger charge is -2.34. The van der Waals surface area contributed by atoms with Crippen molar-refractivity contribution < 1.29 is 9.13 Å². The Morgan fingerprint density at radius 1 is 1.13 bits per heavy atom. The first-order valence-corrected chi connectivity index (χ1v) is 11.5. The van der Waals surface area contributed by atoms with E-state index in [1.54, 1.807) is 12.1 Å². The Bertz CT molecular complexity index is 862. The molecule has 0 radical (unpaired) electrons. The lowest BCUT2D eigenvalue weighted by molar-refractivity contribution is 0.0443. The van der Waals surface area contributed by atoms with E-state index in [1.165, 1.54) is 29.5 Å². The fraction of sp³-hybridized carbons (Fsp3) is 0.577. The number of halogens is 1. The third kappa shape index (κ3) is 4.31. The SMILES string of the molecule is CCOC[C@@]1(CCc2ccc(F)cc2)CCN(C2(c3cnc(C)cc3CC)CC2)C1. The van der Waals surface area contributed by atoms with Gasteiger partial charge in [-0.1, -0.05) is 19.1 Å². The molecule has 2 heterocycles. The molecular weight excluding hydrogens is 375 g/mol. The number of pyridine rings is 1. The standard InChI is InChI=1S/C26H35FN2O/c1-4-22-16-20(3)28-17-24(22)26(12-13-26)29-15-14-25(18-29,19-30-5-2)11-10-21-6-8-23(27)9-7-21/h6-9,16-17H,4-5,10-15,18-19H2,1-3H3/t25-/m0/s1. The summed E-state index contributed by atoms with van der Waals surface area (Å²) < 4.78 is 19.3. The van der Waals surface area contributed by atoms with E-state index in [0.717, 1.165) is 57.7 Å². The van der Waals surface area contributed by atoms with Crippen molar-refractivity contribution in [2.45, 2.75) is 64.8 Å². The van der Waals surface area contributed by atoms with Crippen LogP contribution in [0.3, 0.4) is 0 Å². The first-order valence-electron chi connectivity index (χ1n) is 11.5. The Morgan fingerprint density at radius 2 is 1.90 bits per heavy atom. The van der Waals surface area contributed by atoms with Crippen molar-refractivity contribution in [2.75, 3.05) is 26.3 Å². The molecule has 0 unspecified atom stereocenters. The minimum absolute atomic E-state index is 0.163. The lowest BCUT2D eigenvalue weighted by Crippen LogP contribution is -2.38. The zero-order chi connectivity index (χ0) is 21.2. The second kappa shape index (κ2) is 8.76. The van der Waals surface area contributed by atoms with Crippen LogP contribution in [-0.4, -0.2) is 36.2 Å². The van der Waals surface area contributed by atoms with Gasteiger partial charge in [0.1, 0.15) is 5.82 Å². The molecule has 3 nitrogen and oxygen atoms in total. The summed E-state index contributed by atoms with van der Waals surface area (Å²) in [5.41, 5.74) is 5.57. The molecule has 0 N–H and O–H groups in total. The number of aryl methyl sites for hydroxylation is 3. The van der Waals surface area contributed by atoms with Crippen LogP contribution in [0, 0.1) is 18.2 Å². The minimum Gasteiger partial charge on any atom is -0.381 e. The topological polar surface area (TPSA) is 25.4 Å². The van der Waals surface area contributed by atoms with Gasteiger partial charge in [0.2, 0.25) is 0 Å². The van der Waals surface area contributed by atoms with Crippen LogP contribution in [0.5, 0.6) is 0 Å². The molecular formula is C26H35FN2O. The number of rotatable bonds is 9. The molecule has 0 amide bonds. The van der Waals surface area contributed by atoms with Crippen LogP contribution < -0.4 is 0 Å². The van der Waals surface area contributed by atoms with Crippen molar-refractivity contribution in [3.05, 3.63) is 64.7 Å². The van der Waals surface area contributed by atoms with E-state index in [-0.39, 0.29) is 16.8 Å². The second-order valence-electron chi connectivity index (χ2n) is 9.30. The van der Waals surface area contributed by atoms with Gasteiger partial charge in [-0.3, -0.25) is 9.88 Å². The van der Waals surface area contributed by atoms with Gasteiger partial charge in [0, 0.05) is 36.0 Å². The molecule has 4 rings (SSSR count). The predicted molar refractivity (Wildman–Crippen MR) is 119 cm³/mol. The molecule has 1 atom stereocenters. The molecule has 30 heavy (non-hydrogen) atoms. The van der Waals surface area contributed by atoms with Crippen molar-refractivity contribution in [3.8, 4) is 0 Å². The Balaban J connectivity index is 1.52. The van der Waals surface area contributed by atoms with Crippen LogP contribution in [0.25, 0.3) is 0 Å². The maximum Gasteiger partial charge on any atom is 0.123 e. The summed E-state index contributed by atoms with van der Waals surface area (Å²) in [6.07, 6.45) is 8.88. The van der Waals surface area contributed by atoms with Crippen LogP contribution in [0.1, 0.15) is 61.9 Å². The zero-order valence-corrected chi connectivity index (χ0v) is 18.7. The van der Waals surface area contributed by atoms with Gasteiger partial charge in [-0.25, -0.2) is 4.39 Å². The van der Waals surface area contributed by atoms with Crippen LogP contribution in [0.15, 0.2) is 36.5 Å².